The van der Waals surface area contributed by atoms with Crippen molar-refractivity contribution >= 4 is 53.5 Å². The van der Waals surface area contributed by atoms with E-state index < -0.39 is 67.5 Å². The molecule has 0 N–H and O–H groups in total. The molecular formula is C36H63IO6Si3. The Bertz CT molecular complexity index is 1180. The Morgan fingerprint density at radius 2 is 1.30 bits per heavy atom. The van der Waals surface area contributed by atoms with Crippen molar-refractivity contribution in [1.29, 1.82) is 0 Å². The van der Waals surface area contributed by atoms with Crippen LogP contribution < -0.4 is 0 Å². The Balaban J connectivity index is 2.88. The summed E-state index contributed by atoms with van der Waals surface area (Å²) in [6.07, 6.45) is 1.16. The molecule has 0 spiro atoms. The average molecular weight is 803 g/mol. The van der Waals surface area contributed by atoms with Crippen molar-refractivity contribution < 1.29 is 27.5 Å². The van der Waals surface area contributed by atoms with E-state index in [4.69, 9.17) is 22.8 Å². The summed E-state index contributed by atoms with van der Waals surface area (Å²) in [4.78, 5) is 13.7. The number of carbonyl (C=O) groups excluding carboxylic acids is 1. The highest BCUT2D eigenvalue weighted by Crippen LogP contribution is 2.46. The fraction of sp³-hybridized carbons (Fsp3) is 0.694. The van der Waals surface area contributed by atoms with Crippen molar-refractivity contribution in [2.75, 3.05) is 0 Å². The molecule has 1 aliphatic heterocycles. The normalized spacial score (nSPS) is 24.6. The van der Waals surface area contributed by atoms with Crippen LogP contribution in [0.25, 0.3) is 0 Å². The smallest absolute Gasteiger partial charge is 0.338 e. The molecule has 1 unspecified atom stereocenters. The van der Waals surface area contributed by atoms with E-state index in [1.54, 1.807) is 12.1 Å². The van der Waals surface area contributed by atoms with Crippen LogP contribution in [0.15, 0.2) is 53.1 Å². The highest BCUT2D eigenvalue weighted by molar-refractivity contribution is 14.1. The van der Waals surface area contributed by atoms with E-state index in [2.05, 4.69) is 137 Å². The number of rotatable bonds is 12. The number of carbonyl (C=O) groups is 1. The zero-order valence-electron chi connectivity index (χ0n) is 31.3. The van der Waals surface area contributed by atoms with Gasteiger partial charge in [-0.25, -0.2) is 4.79 Å². The summed E-state index contributed by atoms with van der Waals surface area (Å²) in [6, 6.07) is 9.13. The van der Waals surface area contributed by atoms with Crippen LogP contribution in [0.5, 0.6) is 0 Å². The van der Waals surface area contributed by atoms with Gasteiger partial charge in [0, 0.05) is 0 Å². The van der Waals surface area contributed by atoms with Crippen LogP contribution in [0, 0.1) is 0 Å². The van der Waals surface area contributed by atoms with Crippen LogP contribution >= 0.6 is 22.6 Å². The minimum absolute atomic E-state index is 0.0138. The van der Waals surface area contributed by atoms with Gasteiger partial charge in [-0.05, 0) is 83.1 Å². The molecule has 0 bridgehead atoms. The third-order valence-corrected chi connectivity index (χ3v) is 24.5. The van der Waals surface area contributed by atoms with E-state index in [-0.39, 0.29) is 15.1 Å². The summed E-state index contributed by atoms with van der Waals surface area (Å²) in [5, 5.41) is -0.189. The first kappa shape index (κ1) is 41.6. The van der Waals surface area contributed by atoms with E-state index in [0.717, 1.165) is 0 Å². The number of hydrogen-bond donors (Lipinski definition) is 0. The van der Waals surface area contributed by atoms with Gasteiger partial charge in [0.15, 0.2) is 31.1 Å². The maximum atomic E-state index is 13.7. The average Bonchev–Trinajstić information content (AvgIpc) is 2.89. The van der Waals surface area contributed by atoms with Gasteiger partial charge >= 0.3 is 5.97 Å². The predicted molar refractivity (Wildman–Crippen MR) is 208 cm³/mol. The third-order valence-electron chi connectivity index (χ3n) is 10.6. The van der Waals surface area contributed by atoms with Gasteiger partial charge in [-0.15, -0.1) is 6.58 Å². The minimum Gasteiger partial charge on any atom is -0.453 e. The van der Waals surface area contributed by atoms with Crippen molar-refractivity contribution in [3.05, 3.63) is 58.7 Å². The van der Waals surface area contributed by atoms with Gasteiger partial charge in [-0.1, -0.05) is 109 Å². The van der Waals surface area contributed by atoms with E-state index in [1.807, 2.05) is 28.4 Å². The first-order chi connectivity index (χ1) is 20.8. The van der Waals surface area contributed by atoms with Gasteiger partial charge in [-0.3, -0.25) is 0 Å². The van der Waals surface area contributed by atoms with Crippen molar-refractivity contribution in [2.24, 2.45) is 0 Å². The molecule has 0 saturated carbocycles. The van der Waals surface area contributed by atoms with Crippen molar-refractivity contribution in [3.63, 3.8) is 0 Å². The quantitative estimate of drug-likeness (QED) is 0.0908. The highest BCUT2D eigenvalue weighted by Gasteiger charge is 2.57. The molecule has 262 valence electrons. The second kappa shape index (κ2) is 15.5. The molecular weight excluding hydrogens is 740 g/mol. The highest BCUT2D eigenvalue weighted by atomic mass is 127. The number of hydrogen-bond acceptors (Lipinski definition) is 6. The Kier molecular flexibility index (Phi) is 14.0. The van der Waals surface area contributed by atoms with Gasteiger partial charge in [0.25, 0.3) is 0 Å². The number of benzene rings is 1. The Morgan fingerprint density at radius 1 is 0.826 bits per heavy atom. The molecule has 6 nitrogen and oxygen atoms in total. The fourth-order valence-electron chi connectivity index (χ4n) is 4.58. The number of halogens is 1. The maximum absolute atomic E-state index is 13.7. The first-order valence-electron chi connectivity index (χ1n) is 16.6. The van der Waals surface area contributed by atoms with E-state index >= 15 is 0 Å². The summed E-state index contributed by atoms with van der Waals surface area (Å²) in [7, 11) is -7.10. The van der Waals surface area contributed by atoms with Gasteiger partial charge < -0.3 is 22.8 Å². The number of ether oxygens (including phenoxy) is 2. The molecule has 0 amide bonds. The summed E-state index contributed by atoms with van der Waals surface area (Å²) in [6.45, 7) is 37.7. The van der Waals surface area contributed by atoms with Crippen LogP contribution in [-0.2, 0) is 22.8 Å². The summed E-state index contributed by atoms with van der Waals surface area (Å²) < 4.78 is 37.5. The van der Waals surface area contributed by atoms with Gasteiger partial charge in [0.1, 0.15) is 24.4 Å². The standard InChI is InChI=1S/C36H63IO6Si3/c1-17-21-27-29(40-33(38)26-22-19-18-20-23-26)31(42-45(13,14)35(5,6)7)32(43-46(15,16)36(8,9)10)30(39-27)28(24-25-37)41-44(11,12)34(2,3)4/h17-20,22-25,27-32H,1,21H2,2-16H3/b25-24+/t27-,28?,29-,30-,31-,32+/m0/s1. The number of esters is 1. The molecule has 1 heterocycles. The van der Waals surface area contributed by atoms with Crippen LogP contribution in [0.1, 0.15) is 79.1 Å². The van der Waals surface area contributed by atoms with Crippen molar-refractivity contribution in [3.8, 4) is 0 Å². The summed E-state index contributed by atoms with van der Waals surface area (Å²) in [5.41, 5.74) is 0.488. The largest absolute Gasteiger partial charge is 0.453 e. The molecule has 10 heteroatoms. The second-order valence-corrected chi connectivity index (χ2v) is 32.2. The van der Waals surface area contributed by atoms with Crippen LogP contribution in [0.2, 0.25) is 54.4 Å². The molecule has 0 radical (unpaired) electrons. The molecule has 6 atom stereocenters. The summed E-state index contributed by atoms with van der Waals surface area (Å²) in [5.74, 6) is -0.405. The van der Waals surface area contributed by atoms with E-state index in [9.17, 15) is 4.79 Å². The molecule has 0 aliphatic carbocycles. The lowest BCUT2D eigenvalue weighted by molar-refractivity contribution is -0.227. The molecule has 1 aromatic rings. The molecule has 46 heavy (non-hydrogen) atoms. The monoisotopic (exact) mass is 802 g/mol. The fourth-order valence-corrected chi connectivity index (χ4v) is 8.84. The van der Waals surface area contributed by atoms with Crippen LogP contribution in [0.3, 0.4) is 0 Å². The molecule has 1 aliphatic rings. The van der Waals surface area contributed by atoms with E-state index in [0.29, 0.717) is 12.0 Å². The minimum atomic E-state index is -2.43. The zero-order valence-corrected chi connectivity index (χ0v) is 36.5. The Hall–Kier alpha value is -0.609. The van der Waals surface area contributed by atoms with Crippen LogP contribution in [0.4, 0.5) is 0 Å². The molecule has 1 aromatic carbocycles. The lowest BCUT2D eigenvalue weighted by Gasteiger charge is -2.54. The van der Waals surface area contributed by atoms with Crippen LogP contribution in [-0.4, -0.2) is 67.5 Å². The lowest BCUT2D eigenvalue weighted by atomic mass is 9.90. The van der Waals surface area contributed by atoms with Gasteiger partial charge in [0.05, 0.1) is 11.7 Å². The Morgan fingerprint density at radius 3 is 1.74 bits per heavy atom. The van der Waals surface area contributed by atoms with Crippen molar-refractivity contribution in [2.45, 2.75) is 160 Å². The molecule has 1 saturated heterocycles. The van der Waals surface area contributed by atoms with Crippen molar-refractivity contribution in [1.82, 2.24) is 0 Å². The van der Waals surface area contributed by atoms with Gasteiger partial charge in [-0.2, -0.15) is 0 Å². The molecule has 0 aromatic heterocycles. The maximum Gasteiger partial charge on any atom is 0.338 e. The van der Waals surface area contributed by atoms with E-state index in [1.165, 1.54) is 0 Å². The SMILES string of the molecule is C=CC[C@@H]1O[C@@H](C(/C=C/I)O[Si](C)(C)C(C)(C)C)[C@@H](O[Si](C)(C)C(C)(C)C)[C@@H](O[Si](C)(C)C(C)(C)C)[C@H]1OC(=O)c1ccccc1. The molecule has 2 rings (SSSR count). The predicted octanol–water partition coefficient (Wildman–Crippen LogP) is 10.7. The topological polar surface area (TPSA) is 63.2 Å². The molecule has 1 fully saturated rings. The summed E-state index contributed by atoms with van der Waals surface area (Å²) >= 11 is 2.26. The second-order valence-electron chi connectivity index (χ2n) is 17.2. The van der Waals surface area contributed by atoms with Gasteiger partial charge in [0.2, 0.25) is 0 Å². The third kappa shape index (κ3) is 10.2. The Labute approximate surface area is 297 Å². The zero-order chi connectivity index (χ0) is 35.5. The lowest BCUT2D eigenvalue weighted by Crippen LogP contribution is -2.68. The first-order valence-corrected chi connectivity index (χ1v) is 26.6.